The minimum absolute atomic E-state index is 0. The summed E-state index contributed by atoms with van der Waals surface area (Å²) < 4.78 is 0. The van der Waals surface area contributed by atoms with E-state index < -0.39 is 0 Å². The molecule has 0 unspecified atom stereocenters. The summed E-state index contributed by atoms with van der Waals surface area (Å²) in [4.78, 5) is 14.0. The fourth-order valence-corrected chi connectivity index (χ4v) is 0. The summed E-state index contributed by atoms with van der Waals surface area (Å²) in [7, 11) is 0. The quantitative estimate of drug-likeness (QED) is 0.412. The van der Waals surface area contributed by atoms with E-state index in [4.69, 9.17) is 9.93 Å². The molecule has 2 nitrogen and oxygen atoms in total. The van der Waals surface area contributed by atoms with Crippen LogP contribution in [-0.2, 0) is 19.5 Å². The summed E-state index contributed by atoms with van der Waals surface area (Å²) in [5, 5.41) is 0. The zero-order chi connectivity index (χ0) is 2.00. The second-order valence-electron chi connectivity index (χ2n) is 0. The Morgan fingerprint density at radius 2 is 1.00 bits per heavy atom. The first-order valence-corrected chi connectivity index (χ1v) is 0.167. The molecule has 0 saturated heterocycles. The van der Waals surface area contributed by atoms with Gasteiger partial charge in [0.1, 0.15) is 0 Å². The monoisotopic (exact) mass is 120 g/mol. The van der Waals surface area contributed by atoms with Crippen LogP contribution in [0.3, 0.4) is 0 Å². The first-order valence-electron chi connectivity index (χ1n) is 0.167. The Morgan fingerprint density at radius 3 is 1.00 bits per heavy atom. The average Bonchev–Trinajstić information content (AvgIpc) is 1.00. The van der Waals surface area contributed by atoms with Gasteiger partial charge in [0.2, 0.25) is 0 Å². The van der Waals surface area contributed by atoms with E-state index in [0.29, 0.717) is 0 Å². The Kier molecular flexibility index (Phi) is 183. The van der Waals surface area contributed by atoms with Crippen LogP contribution >= 0.6 is 0 Å². The molecule has 0 aliphatic rings. The SMILES string of the molecule is O=O.[Mg].[Zn]. The van der Waals surface area contributed by atoms with Gasteiger partial charge in [0.05, 0.1) is 0 Å². The van der Waals surface area contributed by atoms with Gasteiger partial charge in [-0.1, -0.05) is 0 Å². The summed E-state index contributed by atoms with van der Waals surface area (Å²) in [6.45, 7) is 0. The van der Waals surface area contributed by atoms with E-state index in [9.17, 15) is 0 Å². The summed E-state index contributed by atoms with van der Waals surface area (Å²) in [5.41, 5.74) is 0. The van der Waals surface area contributed by atoms with Crippen LogP contribution in [-0.4, -0.2) is 23.1 Å². The molecule has 0 bridgehead atoms. The van der Waals surface area contributed by atoms with E-state index in [1.165, 1.54) is 0 Å². The van der Waals surface area contributed by atoms with Crippen LogP contribution in [0.4, 0.5) is 0 Å². The molecule has 0 spiro atoms. The smallest absolute Gasteiger partial charge is 0 e. The maximum Gasteiger partial charge on any atom is 0 e. The molecule has 4 heavy (non-hydrogen) atoms. The molecule has 0 aliphatic heterocycles. The van der Waals surface area contributed by atoms with Gasteiger partial charge in [-0.05, 0) is 0 Å². The molecule has 0 atom stereocenters. The third-order valence-corrected chi connectivity index (χ3v) is 0. The van der Waals surface area contributed by atoms with Gasteiger partial charge >= 0.3 is 0 Å². The van der Waals surface area contributed by atoms with E-state index in [2.05, 4.69) is 0 Å². The zero-order valence-corrected chi connectivity index (χ0v) is 6.61. The van der Waals surface area contributed by atoms with Crippen LogP contribution in [0.2, 0.25) is 0 Å². The predicted octanol–water partition coefficient (Wildman–Crippen LogP) is -0.316. The van der Waals surface area contributed by atoms with Crippen molar-refractivity contribution < 1.29 is 19.5 Å². The Bertz CT molecular complexity index is 6.00. The van der Waals surface area contributed by atoms with Crippen LogP contribution in [0.15, 0.2) is 0 Å². The molecule has 2 radical (unpaired) electrons. The van der Waals surface area contributed by atoms with Gasteiger partial charge in [-0.3, -0.25) is 0 Å². The first-order chi connectivity index (χ1) is 1.00. The van der Waals surface area contributed by atoms with Crippen molar-refractivity contribution in [3.8, 4) is 0 Å². The molecule has 0 aromatic carbocycles. The van der Waals surface area contributed by atoms with E-state index in [-0.39, 0.29) is 42.5 Å². The first kappa shape index (κ1) is 20.1. The Labute approximate surface area is 52.5 Å². The summed E-state index contributed by atoms with van der Waals surface area (Å²) >= 11 is 0. The van der Waals surface area contributed by atoms with Crippen molar-refractivity contribution in [2.45, 2.75) is 0 Å². The van der Waals surface area contributed by atoms with Crippen molar-refractivity contribution in [3.05, 3.63) is 9.93 Å². The molecule has 0 heterocycles. The third kappa shape index (κ3) is 12.1. The topological polar surface area (TPSA) is 34.1 Å². The van der Waals surface area contributed by atoms with Crippen LogP contribution < -0.4 is 0 Å². The fourth-order valence-electron chi connectivity index (χ4n) is 0. The minimum Gasteiger partial charge on any atom is 0 e. The van der Waals surface area contributed by atoms with Gasteiger partial charge in [-0.15, -0.1) is 0 Å². The van der Waals surface area contributed by atoms with Crippen LogP contribution in [0.25, 0.3) is 0 Å². The Hall–Kier alpha value is 0.990. The third-order valence-electron chi connectivity index (χ3n) is 0. The van der Waals surface area contributed by atoms with Gasteiger partial charge in [0, 0.05) is 52.5 Å². The second-order valence-corrected chi connectivity index (χ2v) is 0. The molecular weight excluding hydrogens is 122 g/mol. The number of rotatable bonds is 0. The molecule has 4 heteroatoms. The molecule has 16 valence electrons. The maximum atomic E-state index is 7.00. The summed E-state index contributed by atoms with van der Waals surface area (Å²) in [5.74, 6) is 0. The standard InChI is InChI=1S/Mg.O2.Zn/c;1-2;. The predicted molar refractivity (Wildman–Crippen MR) is 12.5 cm³/mol. The molecule has 0 N–H and O–H groups in total. The largest absolute Gasteiger partial charge is 0 e. The molecule has 0 aromatic heterocycles. The van der Waals surface area contributed by atoms with Gasteiger partial charge in [-0.25, -0.2) is 0 Å². The molecule has 0 amide bonds. The fraction of sp³-hybridized carbons (Fsp3) is 0. The van der Waals surface area contributed by atoms with Crippen molar-refractivity contribution in [2.75, 3.05) is 0 Å². The molecule has 0 rings (SSSR count). The Balaban J connectivity index is -0.00000000500. The second kappa shape index (κ2) is 36.4. The van der Waals surface area contributed by atoms with Crippen molar-refractivity contribution in [2.24, 2.45) is 0 Å². The van der Waals surface area contributed by atoms with E-state index in [1.54, 1.807) is 0 Å². The normalized spacial score (nSPS) is 1.00. The molecule has 0 aliphatic carbocycles. The van der Waals surface area contributed by atoms with Gasteiger partial charge < -0.3 is 0 Å². The van der Waals surface area contributed by atoms with E-state index in [1.807, 2.05) is 0 Å². The van der Waals surface area contributed by atoms with Gasteiger partial charge in [-0.2, -0.15) is 0 Å². The summed E-state index contributed by atoms with van der Waals surface area (Å²) in [6, 6.07) is 0. The zero-order valence-electron chi connectivity index (χ0n) is 2.23. The molecule has 0 saturated carbocycles. The van der Waals surface area contributed by atoms with Crippen molar-refractivity contribution in [3.63, 3.8) is 0 Å². The van der Waals surface area contributed by atoms with E-state index in [0.717, 1.165) is 0 Å². The van der Waals surface area contributed by atoms with Crippen molar-refractivity contribution >= 4 is 23.1 Å². The van der Waals surface area contributed by atoms with E-state index >= 15 is 0 Å². The molecule has 0 fully saturated rings. The van der Waals surface area contributed by atoms with Gasteiger partial charge in [0.25, 0.3) is 0 Å². The number of hydrogen-bond acceptors (Lipinski definition) is 2. The minimum atomic E-state index is 0. The van der Waals surface area contributed by atoms with Crippen molar-refractivity contribution in [1.82, 2.24) is 0 Å². The summed E-state index contributed by atoms with van der Waals surface area (Å²) in [6.07, 6.45) is 0. The molecular formula is MgO2Zn. The average molecular weight is 122 g/mol. The van der Waals surface area contributed by atoms with Crippen molar-refractivity contribution in [1.29, 1.82) is 0 Å². The van der Waals surface area contributed by atoms with Crippen LogP contribution in [0.5, 0.6) is 0 Å². The van der Waals surface area contributed by atoms with Crippen LogP contribution in [0, 0.1) is 9.93 Å². The molecule has 0 aromatic rings. The Morgan fingerprint density at radius 1 is 1.00 bits per heavy atom. The number of hydrogen-bond donors (Lipinski definition) is 0. The maximum absolute atomic E-state index is 7.00. The van der Waals surface area contributed by atoms with Crippen LogP contribution in [0.1, 0.15) is 0 Å². The van der Waals surface area contributed by atoms with Gasteiger partial charge in [0.15, 0.2) is 0 Å².